The predicted molar refractivity (Wildman–Crippen MR) is 109 cm³/mol. The molecule has 1 saturated carbocycles. The number of carbonyl (C=O) groups excluding carboxylic acids is 2. The number of rotatable bonds is 5. The van der Waals surface area contributed by atoms with E-state index < -0.39 is 5.60 Å². The number of esters is 1. The van der Waals surface area contributed by atoms with Crippen molar-refractivity contribution in [2.45, 2.75) is 70.9 Å². The summed E-state index contributed by atoms with van der Waals surface area (Å²) in [6.45, 7) is 5.64. The second kappa shape index (κ2) is 8.69. The van der Waals surface area contributed by atoms with Crippen LogP contribution in [0.5, 0.6) is 0 Å². The molecule has 0 atom stereocenters. The highest BCUT2D eigenvalue weighted by Crippen LogP contribution is 2.29. The summed E-state index contributed by atoms with van der Waals surface area (Å²) >= 11 is 0. The Labute approximate surface area is 171 Å². The fraction of sp³-hybridized carbons (Fsp3) is 0.522. The summed E-state index contributed by atoms with van der Waals surface area (Å²) in [7, 11) is 0. The number of hydrogen-bond acceptors (Lipinski definition) is 5. The van der Waals surface area contributed by atoms with Crippen LogP contribution >= 0.6 is 0 Å². The van der Waals surface area contributed by atoms with Crippen molar-refractivity contribution in [3.05, 3.63) is 35.8 Å². The highest BCUT2D eigenvalue weighted by atomic mass is 16.6. The molecule has 0 spiro atoms. The Kier molecular flexibility index (Phi) is 6.26. The number of carbonyl (C=O) groups is 2. The number of nitrogens with zero attached hydrogens (tertiary/aromatic N) is 1. The van der Waals surface area contributed by atoms with E-state index in [-0.39, 0.29) is 23.7 Å². The van der Waals surface area contributed by atoms with Crippen LogP contribution in [0.2, 0.25) is 0 Å². The van der Waals surface area contributed by atoms with Gasteiger partial charge in [-0.2, -0.15) is 5.26 Å². The summed E-state index contributed by atoms with van der Waals surface area (Å²) in [6, 6.07) is 7.34. The van der Waals surface area contributed by atoms with Crippen LogP contribution < -0.4 is 5.32 Å². The highest BCUT2D eigenvalue weighted by Gasteiger charge is 2.25. The topological polar surface area (TPSA) is 92.3 Å². The SMILES string of the molecule is CC(C)(C)OC(=O)CCC1CCC(NC(=O)c2occ3cc(C#N)ccc23)CC1. The lowest BCUT2D eigenvalue weighted by atomic mass is 9.83. The van der Waals surface area contributed by atoms with Gasteiger partial charge in [-0.15, -0.1) is 0 Å². The number of nitrogens with one attached hydrogen (secondary N) is 1. The van der Waals surface area contributed by atoms with Gasteiger partial charge in [-0.25, -0.2) is 0 Å². The Morgan fingerprint density at radius 2 is 1.97 bits per heavy atom. The molecule has 6 nitrogen and oxygen atoms in total. The molecule has 2 aromatic rings. The molecule has 0 unspecified atom stereocenters. The van der Waals surface area contributed by atoms with Gasteiger partial charge in [0.1, 0.15) is 5.60 Å². The summed E-state index contributed by atoms with van der Waals surface area (Å²) in [6.07, 6.45) is 6.54. The number of fused-ring (bicyclic) bond motifs is 1. The highest BCUT2D eigenvalue weighted by molar-refractivity contribution is 6.05. The van der Waals surface area contributed by atoms with E-state index in [9.17, 15) is 9.59 Å². The third kappa shape index (κ3) is 5.60. The molecule has 0 radical (unpaired) electrons. The van der Waals surface area contributed by atoms with Gasteiger partial charge in [0.2, 0.25) is 0 Å². The van der Waals surface area contributed by atoms with Gasteiger partial charge in [0.25, 0.3) is 5.91 Å². The first-order valence-corrected chi connectivity index (χ1v) is 10.2. The van der Waals surface area contributed by atoms with Gasteiger partial charge in [0, 0.05) is 23.2 Å². The second-order valence-corrected chi connectivity index (χ2v) is 8.79. The molecule has 1 N–H and O–H groups in total. The van der Waals surface area contributed by atoms with E-state index in [1.807, 2.05) is 20.8 Å². The molecule has 29 heavy (non-hydrogen) atoms. The van der Waals surface area contributed by atoms with E-state index in [0.29, 0.717) is 23.3 Å². The fourth-order valence-corrected chi connectivity index (χ4v) is 3.86. The first-order valence-electron chi connectivity index (χ1n) is 10.2. The molecule has 0 saturated heterocycles. The molecule has 6 heteroatoms. The molecule has 1 amide bonds. The van der Waals surface area contributed by atoms with Crippen molar-refractivity contribution < 1.29 is 18.7 Å². The molecule has 154 valence electrons. The summed E-state index contributed by atoms with van der Waals surface area (Å²) in [5, 5.41) is 13.5. The lowest BCUT2D eigenvalue weighted by Crippen LogP contribution is -2.37. The zero-order valence-corrected chi connectivity index (χ0v) is 17.3. The molecule has 3 rings (SSSR count). The van der Waals surface area contributed by atoms with Crippen LogP contribution in [0, 0.1) is 17.2 Å². The van der Waals surface area contributed by atoms with Gasteiger partial charge in [0.15, 0.2) is 5.76 Å². The first-order chi connectivity index (χ1) is 13.7. The summed E-state index contributed by atoms with van der Waals surface area (Å²) in [5.41, 5.74) is 0.0977. The second-order valence-electron chi connectivity index (χ2n) is 8.79. The number of amides is 1. The van der Waals surface area contributed by atoms with E-state index in [0.717, 1.165) is 37.5 Å². The third-order valence-electron chi connectivity index (χ3n) is 5.29. The zero-order valence-electron chi connectivity index (χ0n) is 17.3. The van der Waals surface area contributed by atoms with E-state index >= 15 is 0 Å². The maximum atomic E-state index is 12.6. The average Bonchev–Trinajstić information content (AvgIpc) is 3.09. The minimum absolute atomic E-state index is 0.110. The molecule has 0 aliphatic heterocycles. The third-order valence-corrected chi connectivity index (χ3v) is 5.29. The summed E-state index contributed by atoms with van der Waals surface area (Å²) in [4.78, 5) is 24.5. The van der Waals surface area contributed by atoms with Crippen LogP contribution in [0.25, 0.3) is 10.8 Å². The molecule has 1 fully saturated rings. The Hall–Kier alpha value is -2.81. The summed E-state index contributed by atoms with van der Waals surface area (Å²) in [5.74, 6) is 0.417. The van der Waals surface area contributed by atoms with Crippen molar-refractivity contribution in [2.24, 2.45) is 5.92 Å². The van der Waals surface area contributed by atoms with Crippen LogP contribution in [0.15, 0.2) is 28.9 Å². The van der Waals surface area contributed by atoms with Gasteiger partial charge in [0.05, 0.1) is 17.9 Å². The van der Waals surface area contributed by atoms with Gasteiger partial charge in [-0.1, -0.05) is 0 Å². The summed E-state index contributed by atoms with van der Waals surface area (Å²) < 4.78 is 10.8. The largest absolute Gasteiger partial charge is 0.460 e. The molecule has 1 aromatic carbocycles. The van der Waals surface area contributed by atoms with E-state index in [2.05, 4.69) is 11.4 Å². The lowest BCUT2D eigenvalue weighted by Gasteiger charge is -2.29. The fourth-order valence-electron chi connectivity index (χ4n) is 3.86. The number of benzene rings is 1. The maximum Gasteiger partial charge on any atom is 0.306 e. The van der Waals surface area contributed by atoms with E-state index in [1.165, 1.54) is 6.26 Å². The van der Waals surface area contributed by atoms with Gasteiger partial charge < -0.3 is 14.5 Å². The molecule has 1 aromatic heterocycles. The quantitative estimate of drug-likeness (QED) is 0.739. The number of ether oxygens (including phenoxy) is 1. The lowest BCUT2D eigenvalue weighted by molar-refractivity contribution is -0.155. The molecular formula is C23H28N2O4. The standard InChI is InChI=1S/C23H28N2O4/c1-23(2,3)29-20(26)11-7-15-4-8-18(9-5-15)25-22(27)21-19-10-6-16(13-24)12-17(19)14-28-21/h6,10,12,14-15,18H,4-5,7-9,11H2,1-3H3,(H,25,27). The Morgan fingerprint density at radius 3 is 2.62 bits per heavy atom. The van der Waals surface area contributed by atoms with Crippen molar-refractivity contribution in [1.82, 2.24) is 5.32 Å². The van der Waals surface area contributed by atoms with E-state index in [1.54, 1.807) is 18.2 Å². The molecular weight excluding hydrogens is 368 g/mol. The van der Waals surface area contributed by atoms with Crippen LogP contribution in [0.3, 0.4) is 0 Å². The Morgan fingerprint density at radius 1 is 1.24 bits per heavy atom. The van der Waals surface area contributed by atoms with Crippen LogP contribution in [0.1, 0.15) is 75.4 Å². The monoisotopic (exact) mass is 396 g/mol. The van der Waals surface area contributed by atoms with Crippen molar-refractivity contribution in [3.63, 3.8) is 0 Å². The van der Waals surface area contributed by atoms with Crippen LogP contribution in [-0.4, -0.2) is 23.5 Å². The number of hydrogen-bond donors (Lipinski definition) is 1. The van der Waals surface area contributed by atoms with Gasteiger partial charge in [-0.05, 0) is 77.0 Å². The Bertz CT molecular complexity index is 924. The normalized spacial score (nSPS) is 19.5. The maximum absolute atomic E-state index is 12.6. The van der Waals surface area contributed by atoms with Crippen LogP contribution in [0.4, 0.5) is 0 Å². The minimum Gasteiger partial charge on any atom is -0.460 e. The van der Waals surface area contributed by atoms with Crippen molar-refractivity contribution in [3.8, 4) is 6.07 Å². The molecule has 1 aliphatic rings. The minimum atomic E-state index is -0.439. The van der Waals surface area contributed by atoms with Gasteiger partial charge in [-0.3, -0.25) is 9.59 Å². The first kappa shape index (κ1) is 20.9. The predicted octanol–water partition coefficient (Wildman–Crippen LogP) is 4.71. The molecule has 1 aliphatic carbocycles. The number of furan rings is 1. The molecule has 0 bridgehead atoms. The molecule has 1 heterocycles. The van der Waals surface area contributed by atoms with Crippen molar-refractivity contribution in [2.75, 3.05) is 0 Å². The Balaban J connectivity index is 1.48. The van der Waals surface area contributed by atoms with E-state index in [4.69, 9.17) is 14.4 Å². The average molecular weight is 396 g/mol. The van der Waals surface area contributed by atoms with Gasteiger partial charge >= 0.3 is 5.97 Å². The van der Waals surface area contributed by atoms with Crippen LogP contribution in [-0.2, 0) is 9.53 Å². The van der Waals surface area contributed by atoms with Crippen molar-refractivity contribution >= 4 is 22.6 Å². The smallest absolute Gasteiger partial charge is 0.306 e. The number of nitriles is 1. The van der Waals surface area contributed by atoms with Crippen molar-refractivity contribution in [1.29, 1.82) is 5.26 Å². The zero-order chi connectivity index (χ0) is 21.0.